The van der Waals surface area contributed by atoms with Crippen molar-refractivity contribution in [3.63, 3.8) is 0 Å². The van der Waals surface area contributed by atoms with Gasteiger partial charge in [0.25, 0.3) is 11.7 Å². The van der Waals surface area contributed by atoms with Gasteiger partial charge in [0.1, 0.15) is 11.5 Å². The number of likely N-dealkylation sites (tertiary alicyclic amines) is 1. The van der Waals surface area contributed by atoms with Gasteiger partial charge in [-0.05, 0) is 48.2 Å². The van der Waals surface area contributed by atoms with Crippen molar-refractivity contribution >= 4 is 28.8 Å². The molecule has 2 heterocycles. The van der Waals surface area contributed by atoms with Gasteiger partial charge in [0.05, 0.1) is 52.2 Å². The number of carbonyl (C=O) groups excluding carboxylic acids is 2. The van der Waals surface area contributed by atoms with E-state index in [2.05, 4.69) is 0 Å². The zero-order valence-corrected chi connectivity index (χ0v) is 21.5. The number of hydrogen-bond acceptors (Lipinski definition) is 8. The Morgan fingerprint density at radius 1 is 0.944 bits per heavy atom. The number of hydrogen-bond donors (Lipinski definition) is 1. The molecule has 4 rings (SSSR count). The molecule has 1 atom stereocenters. The summed E-state index contributed by atoms with van der Waals surface area (Å²) < 4.78 is 21.9. The maximum absolute atomic E-state index is 13.4. The molecule has 3 aromatic rings. The molecule has 0 saturated carbocycles. The van der Waals surface area contributed by atoms with Crippen molar-refractivity contribution in [3.8, 4) is 23.0 Å². The van der Waals surface area contributed by atoms with E-state index in [0.717, 1.165) is 10.4 Å². The third kappa shape index (κ3) is 4.37. The Morgan fingerprint density at radius 2 is 1.61 bits per heavy atom. The van der Waals surface area contributed by atoms with Crippen molar-refractivity contribution in [1.29, 1.82) is 0 Å². The summed E-state index contributed by atoms with van der Waals surface area (Å²) in [6, 6.07) is 11.5. The summed E-state index contributed by atoms with van der Waals surface area (Å²) in [4.78, 5) is 29.1. The number of aliphatic hydroxyl groups excluding tert-OH is 1. The Balaban J connectivity index is 1.99. The minimum Gasteiger partial charge on any atom is -0.507 e. The number of ketones is 1. The van der Waals surface area contributed by atoms with Gasteiger partial charge >= 0.3 is 0 Å². The normalized spacial score (nSPS) is 16.8. The fourth-order valence-electron chi connectivity index (χ4n) is 4.37. The largest absolute Gasteiger partial charge is 0.507 e. The molecule has 0 bridgehead atoms. The first kappa shape index (κ1) is 25.1. The van der Waals surface area contributed by atoms with Crippen LogP contribution in [0.5, 0.6) is 23.0 Å². The van der Waals surface area contributed by atoms with Crippen molar-refractivity contribution < 1.29 is 33.6 Å². The van der Waals surface area contributed by atoms with Crippen LogP contribution in [0.1, 0.15) is 27.6 Å². The molecule has 1 unspecified atom stereocenters. The Labute approximate surface area is 213 Å². The van der Waals surface area contributed by atoms with Gasteiger partial charge in [0, 0.05) is 4.88 Å². The minimum absolute atomic E-state index is 0.0465. The predicted octanol–water partition coefficient (Wildman–Crippen LogP) is 4.71. The lowest BCUT2D eigenvalue weighted by atomic mass is 9.94. The molecule has 2 aromatic carbocycles. The number of methoxy groups -OCH3 is 4. The molecule has 1 N–H and O–H groups in total. The first-order valence-electron chi connectivity index (χ1n) is 11.1. The maximum Gasteiger partial charge on any atom is 0.295 e. The van der Waals surface area contributed by atoms with E-state index in [4.69, 9.17) is 18.9 Å². The van der Waals surface area contributed by atoms with Crippen LogP contribution < -0.4 is 18.9 Å². The topological polar surface area (TPSA) is 94.5 Å². The van der Waals surface area contributed by atoms with Gasteiger partial charge in [0.2, 0.25) is 5.75 Å². The lowest BCUT2D eigenvalue weighted by Crippen LogP contribution is -2.29. The quantitative estimate of drug-likeness (QED) is 0.267. The van der Waals surface area contributed by atoms with Crippen LogP contribution in [0.3, 0.4) is 0 Å². The number of amides is 1. The molecule has 188 valence electrons. The molecule has 8 nitrogen and oxygen atoms in total. The standard InChI is InChI=1S/C27H27NO7S/c1-15-8-9-19(32-2)18(11-15)24(29)22-23(16-12-20(33-3)26(35-5)21(13-16)34-4)28(27(31)25(22)30)14-17-7-6-10-36-17/h6-13,23,29H,14H2,1-5H3/b24-22+. The van der Waals surface area contributed by atoms with E-state index in [1.807, 2.05) is 30.5 Å². The van der Waals surface area contributed by atoms with E-state index in [-0.39, 0.29) is 17.9 Å². The van der Waals surface area contributed by atoms with Gasteiger partial charge in [-0.25, -0.2) is 0 Å². The summed E-state index contributed by atoms with van der Waals surface area (Å²) in [5.41, 5.74) is 1.65. The van der Waals surface area contributed by atoms with Gasteiger partial charge in [-0.1, -0.05) is 17.7 Å². The SMILES string of the molecule is COc1ccc(C)cc1/C(O)=C1\C(=O)C(=O)N(Cc2cccs2)C1c1cc(OC)c(OC)c(OC)c1. The van der Waals surface area contributed by atoms with Crippen LogP contribution in [0.4, 0.5) is 0 Å². The van der Waals surface area contributed by atoms with E-state index in [0.29, 0.717) is 34.1 Å². The zero-order chi connectivity index (χ0) is 26.0. The van der Waals surface area contributed by atoms with Crippen LogP contribution in [0.25, 0.3) is 5.76 Å². The Morgan fingerprint density at radius 3 is 2.17 bits per heavy atom. The van der Waals surface area contributed by atoms with Gasteiger partial charge in [0.15, 0.2) is 11.5 Å². The van der Waals surface area contributed by atoms with Crippen LogP contribution in [0, 0.1) is 6.92 Å². The molecule has 1 aromatic heterocycles. The van der Waals surface area contributed by atoms with Crippen molar-refractivity contribution in [1.82, 2.24) is 4.90 Å². The zero-order valence-electron chi connectivity index (χ0n) is 20.7. The summed E-state index contributed by atoms with van der Waals surface area (Å²) >= 11 is 1.47. The highest BCUT2D eigenvalue weighted by Gasteiger charge is 2.47. The summed E-state index contributed by atoms with van der Waals surface area (Å²) in [7, 11) is 5.95. The number of aliphatic hydroxyl groups is 1. The fraction of sp³-hybridized carbons (Fsp3) is 0.259. The Kier molecular flexibility index (Phi) is 7.21. The number of aryl methyl sites for hydroxylation is 1. The number of thiophene rings is 1. The van der Waals surface area contributed by atoms with Crippen molar-refractivity contribution in [2.75, 3.05) is 28.4 Å². The molecule has 1 fully saturated rings. The average molecular weight is 510 g/mol. The smallest absolute Gasteiger partial charge is 0.295 e. The van der Waals surface area contributed by atoms with Crippen LogP contribution in [-0.4, -0.2) is 50.1 Å². The van der Waals surface area contributed by atoms with Crippen molar-refractivity contribution in [3.05, 3.63) is 75.0 Å². The van der Waals surface area contributed by atoms with E-state index >= 15 is 0 Å². The second kappa shape index (κ2) is 10.3. The number of carbonyl (C=O) groups is 2. The third-order valence-corrected chi connectivity index (χ3v) is 6.92. The van der Waals surface area contributed by atoms with Crippen LogP contribution in [0.15, 0.2) is 53.4 Å². The van der Waals surface area contributed by atoms with Crippen LogP contribution in [0.2, 0.25) is 0 Å². The Hall–Kier alpha value is -3.98. The molecule has 36 heavy (non-hydrogen) atoms. The van der Waals surface area contributed by atoms with Crippen LogP contribution >= 0.6 is 11.3 Å². The number of rotatable bonds is 8. The van der Waals surface area contributed by atoms with E-state index < -0.39 is 17.7 Å². The highest BCUT2D eigenvalue weighted by Crippen LogP contribution is 2.47. The van der Waals surface area contributed by atoms with Crippen LogP contribution in [-0.2, 0) is 16.1 Å². The molecular formula is C27H27NO7S. The fourth-order valence-corrected chi connectivity index (χ4v) is 5.07. The molecule has 1 aliphatic heterocycles. The number of Topliss-reactive ketones (excluding diaryl/α,β-unsaturated/α-hetero) is 1. The summed E-state index contributed by atoms with van der Waals surface area (Å²) in [5.74, 6) is -0.336. The summed E-state index contributed by atoms with van der Waals surface area (Å²) in [5, 5.41) is 13.4. The Bertz CT molecular complexity index is 1300. The molecular weight excluding hydrogens is 482 g/mol. The second-order valence-electron chi connectivity index (χ2n) is 8.17. The first-order chi connectivity index (χ1) is 17.3. The highest BCUT2D eigenvalue weighted by atomic mass is 32.1. The number of ether oxygens (including phenoxy) is 4. The van der Waals surface area contributed by atoms with E-state index in [1.165, 1.54) is 44.7 Å². The predicted molar refractivity (Wildman–Crippen MR) is 136 cm³/mol. The minimum atomic E-state index is -0.911. The van der Waals surface area contributed by atoms with Crippen molar-refractivity contribution in [2.24, 2.45) is 0 Å². The summed E-state index contributed by atoms with van der Waals surface area (Å²) in [6.07, 6.45) is 0. The van der Waals surface area contributed by atoms with Gasteiger partial charge in [-0.3, -0.25) is 9.59 Å². The molecule has 0 aliphatic carbocycles. The van der Waals surface area contributed by atoms with Gasteiger partial charge in [-0.2, -0.15) is 0 Å². The lowest BCUT2D eigenvalue weighted by Gasteiger charge is -2.26. The maximum atomic E-state index is 13.4. The number of benzene rings is 2. The lowest BCUT2D eigenvalue weighted by molar-refractivity contribution is -0.140. The third-order valence-electron chi connectivity index (χ3n) is 6.06. The molecule has 1 saturated heterocycles. The molecule has 0 spiro atoms. The van der Waals surface area contributed by atoms with Gasteiger partial charge in [-0.15, -0.1) is 11.3 Å². The molecule has 1 aliphatic rings. The second-order valence-corrected chi connectivity index (χ2v) is 9.20. The molecule has 0 radical (unpaired) electrons. The van der Waals surface area contributed by atoms with Gasteiger partial charge < -0.3 is 29.0 Å². The van der Waals surface area contributed by atoms with E-state index in [9.17, 15) is 14.7 Å². The average Bonchev–Trinajstić information content (AvgIpc) is 3.49. The molecule has 1 amide bonds. The monoisotopic (exact) mass is 509 g/mol. The highest BCUT2D eigenvalue weighted by molar-refractivity contribution is 7.09. The molecule has 9 heteroatoms. The number of nitrogens with zero attached hydrogens (tertiary/aromatic N) is 1. The first-order valence-corrected chi connectivity index (χ1v) is 12.0. The van der Waals surface area contributed by atoms with E-state index in [1.54, 1.807) is 24.3 Å². The summed E-state index contributed by atoms with van der Waals surface area (Å²) in [6.45, 7) is 2.05. The van der Waals surface area contributed by atoms with Crippen molar-refractivity contribution in [2.45, 2.75) is 19.5 Å².